The highest BCUT2D eigenvalue weighted by molar-refractivity contribution is 5.83. The number of para-hydroxylation sites is 1. The number of H-pyrrole nitrogens is 1. The van der Waals surface area contributed by atoms with Crippen molar-refractivity contribution < 1.29 is 0 Å². The highest BCUT2D eigenvalue weighted by Crippen LogP contribution is 2.30. The summed E-state index contributed by atoms with van der Waals surface area (Å²) in [6, 6.07) is 9.22. The van der Waals surface area contributed by atoms with E-state index >= 15 is 0 Å². The summed E-state index contributed by atoms with van der Waals surface area (Å²) in [4.78, 5) is 3.35. The molecule has 102 valence electrons. The predicted octanol–water partition coefficient (Wildman–Crippen LogP) is 3.88. The van der Waals surface area contributed by atoms with Crippen LogP contribution in [0.3, 0.4) is 0 Å². The van der Waals surface area contributed by atoms with Gasteiger partial charge in [0.25, 0.3) is 0 Å². The number of aromatic nitrogens is 1. The minimum Gasteiger partial charge on any atom is -0.361 e. The number of hydrogen-bond acceptors (Lipinski definition) is 1. The van der Waals surface area contributed by atoms with Crippen molar-refractivity contribution in [3.63, 3.8) is 0 Å². The van der Waals surface area contributed by atoms with Crippen LogP contribution in [0, 0.1) is 5.92 Å². The lowest BCUT2D eigenvalue weighted by molar-refractivity contribution is 0.266. The fourth-order valence-corrected chi connectivity index (χ4v) is 3.10. The van der Waals surface area contributed by atoms with E-state index in [-0.39, 0.29) is 0 Å². The molecular formula is C17H24N2. The van der Waals surface area contributed by atoms with Crippen LogP contribution in [-0.4, -0.2) is 17.6 Å². The first-order valence-corrected chi connectivity index (χ1v) is 7.61. The summed E-state index contributed by atoms with van der Waals surface area (Å²) in [6.45, 7) is 3.41. The van der Waals surface area contributed by atoms with Gasteiger partial charge in [0.1, 0.15) is 0 Å². The number of nitrogens with one attached hydrogen (secondary N) is 2. The highest BCUT2D eigenvalue weighted by atomic mass is 14.9. The van der Waals surface area contributed by atoms with Crippen LogP contribution < -0.4 is 5.32 Å². The van der Waals surface area contributed by atoms with Crippen LogP contribution in [0.5, 0.6) is 0 Å². The number of fused-ring (bicyclic) bond motifs is 1. The minimum absolute atomic E-state index is 0.663. The highest BCUT2D eigenvalue weighted by Gasteiger charge is 2.19. The van der Waals surface area contributed by atoms with Gasteiger partial charge in [-0.05, 0) is 43.9 Å². The third-order valence-electron chi connectivity index (χ3n) is 4.47. The van der Waals surface area contributed by atoms with E-state index in [1.54, 1.807) is 0 Å². The maximum Gasteiger partial charge on any atom is 0.0456 e. The Hall–Kier alpha value is -1.28. The van der Waals surface area contributed by atoms with Crippen molar-refractivity contribution in [2.45, 2.75) is 45.1 Å². The lowest BCUT2D eigenvalue weighted by atomic mass is 9.81. The number of hydrogen-bond donors (Lipinski definition) is 2. The van der Waals surface area contributed by atoms with Crippen LogP contribution in [-0.2, 0) is 6.42 Å². The molecule has 3 rings (SSSR count). The first-order chi connectivity index (χ1) is 9.33. The molecule has 2 heteroatoms. The Morgan fingerprint density at radius 3 is 2.95 bits per heavy atom. The second-order valence-corrected chi connectivity index (χ2v) is 6.00. The Bertz CT molecular complexity index is 525. The molecule has 0 aliphatic heterocycles. The quantitative estimate of drug-likeness (QED) is 0.806. The fraction of sp³-hybridized carbons (Fsp3) is 0.529. The van der Waals surface area contributed by atoms with Gasteiger partial charge < -0.3 is 10.3 Å². The molecule has 1 aromatic heterocycles. The maximum absolute atomic E-state index is 3.67. The standard InChI is InChI=1S/C17H24N2/c1-13(11-14-5-4-6-14)18-10-9-15-12-19-17-8-3-2-7-16(15)17/h2-3,7-8,12-14,18-19H,4-6,9-11H2,1H3. The Morgan fingerprint density at radius 2 is 2.16 bits per heavy atom. The first kappa shape index (κ1) is 12.7. The molecule has 1 aromatic carbocycles. The summed E-state index contributed by atoms with van der Waals surface area (Å²) >= 11 is 0. The molecular weight excluding hydrogens is 232 g/mol. The summed E-state index contributed by atoms with van der Waals surface area (Å²) in [5.74, 6) is 0.996. The molecule has 2 nitrogen and oxygen atoms in total. The van der Waals surface area contributed by atoms with Crippen molar-refractivity contribution in [1.82, 2.24) is 10.3 Å². The van der Waals surface area contributed by atoms with E-state index < -0.39 is 0 Å². The van der Waals surface area contributed by atoms with Gasteiger partial charge in [-0.2, -0.15) is 0 Å². The average molecular weight is 256 g/mol. The molecule has 0 amide bonds. The van der Waals surface area contributed by atoms with Gasteiger partial charge in [-0.1, -0.05) is 37.5 Å². The number of benzene rings is 1. The molecule has 1 unspecified atom stereocenters. The number of aromatic amines is 1. The van der Waals surface area contributed by atoms with Gasteiger partial charge in [0, 0.05) is 23.1 Å². The molecule has 0 spiro atoms. The Kier molecular flexibility index (Phi) is 3.88. The fourth-order valence-electron chi connectivity index (χ4n) is 3.10. The molecule has 1 saturated carbocycles. The van der Waals surface area contributed by atoms with Gasteiger partial charge >= 0.3 is 0 Å². The van der Waals surface area contributed by atoms with Crippen molar-refractivity contribution in [2.24, 2.45) is 5.92 Å². The van der Waals surface area contributed by atoms with E-state index in [1.807, 2.05) is 0 Å². The monoisotopic (exact) mass is 256 g/mol. The van der Waals surface area contributed by atoms with Crippen LogP contribution >= 0.6 is 0 Å². The van der Waals surface area contributed by atoms with Gasteiger partial charge in [-0.15, -0.1) is 0 Å². The van der Waals surface area contributed by atoms with Crippen LogP contribution in [0.2, 0.25) is 0 Å². The Labute approximate surface area is 115 Å². The van der Waals surface area contributed by atoms with Gasteiger partial charge in [0.2, 0.25) is 0 Å². The van der Waals surface area contributed by atoms with Crippen LogP contribution in [0.15, 0.2) is 30.5 Å². The zero-order chi connectivity index (χ0) is 13.1. The van der Waals surface area contributed by atoms with Gasteiger partial charge in [-0.25, -0.2) is 0 Å². The molecule has 1 heterocycles. The molecule has 2 N–H and O–H groups in total. The van der Waals surface area contributed by atoms with Crippen LogP contribution in [0.1, 0.15) is 38.2 Å². The molecule has 19 heavy (non-hydrogen) atoms. The summed E-state index contributed by atoms with van der Waals surface area (Å²) in [5.41, 5.74) is 2.68. The van der Waals surface area contributed by atoms with E-state index in [1.165, 1.54) is 42.1 Å². The summed E-state index contributed by atoms with van der Waals surface area (Å²) in [7, 11) is 0. The topological polar surface area (TPSA) is 27.8 Å². The van der Waals surface area contributed by atoms with Crippen molar-refractivity contribution >= 4 is 10.9 Å². The van der Waals surface area contributed by atoms with E-state index in [0.717, 1.165) is 18.9 Å². The van der Waals surface area contributed by atoms with E-state index in [9.17, 15) is 0 Å². The van der Waals surface area contributed by atoms with Crippen LogP contribution in [0.25, 0.3) is 10.9 Å². The lowest BCUT2D eigenvalue weighted by Crippen LogP contribution is -2.31. The lowest BCUT2D eigenvalue weighted by Gasteiger charge is -2.28. The average Bonchev–Trinajstić information content (AvgIpc) is 2.78. The van der Waals surface area contributed by atoms with Crippen molar-refractivity contribution in [1.29, 1.82) is 0 Å². The Balaban J connectivity index is 1.49. The van der Waals surface area contributed by atoms with Gasteiger partial charge in [-0.3, -0.25) is 0 Å². The number of rotatable bonds is 6. The predicted molar refractivity (Wildman–Crippen MR) is 81.4 cm³/mol. The maximum atomic E-state index is 3.67. The molecule has 0 bridgehead atoms. The summed E-state index contributed by atoms with van der Waals surface area (Å²) < 4.78 is 0. The summed E-state index contributed by atoms with van der Waals surface area (Å²) in [6.07, 6.45) is 8.98. The van der Waals surface area contributed by atoms with Crippen molar-refractivity contribution in [3.05, 3.63) is 36.0 Å². The molecule has 0 radical (unpaired) electrons. The smallest absolute Gasteiger partial charge is 0.0456 e. The molecule has 1 aliphatic rings. The zero-order valence-corrected chi connectivity index (χ0v) is 11.8. The molecule has 1 fully saturated rings. The SMILES string of the molecule is CC(CC1CCC1)NCCc1c[nH]c2ccccc12. The van der Waals surface area contributed by atoms with Gasteiger partial charge in [0.05, 0.1) is 0 Å². The molecule has 2 aromatic rings. The second-order valence-electron chi connectivity index (χ2n) is 6.00. The molecule has 1 aliphatic carbocycles. The van der Waals surface area contributed by atoms with Crippen molar-refractivity contribution in [3.8, 4) is 0 Å². The molecule has 0 saturated heterocycles. The normalized spacial score (nSPS) is 17.5. The first-order valence-electron chi connectivity index (χ1n) is 7.61. The third kappa shape index (κ3) is 3.01. The molecule has 1 atom stereocenters. The Morgan fingerprint density at radius 1 is 1.32 bits per heavy atom. The van der Waals surface area contributed by atoms with Crippen LogP contribution in [0.4, 0.5) is 0 Å². The van der Waals surface area contributed by atoms with Crippen molar-refractivity contribution in [2.75, 3.05) is 6.54 Å². The largest absolute Gasteiger partial charge is 0.361 e. The van der Waals surface area contributed by atoms with E-state index in [2.05, 4.69) is 47.7 Å². The van der Waals surface area contributed by atoms with E-state index in [0.29, 0.717) is 6.04 Å². The minimum atomic E-state index is 0.663. The summed E-state index contributed by atoms with van der Waals surface area (Å²) in [5, 5.41) is 5.04. The zero-order valence-electron chi connectivity index (χ0n) is 11.8. The van der Waals surface area contributed by atoms with E-state index in [4.69, 9.17) is 0 Å². The van der Waals surface area contributed by atoms with Gasteiger partial charge in [0.15, 0.2) is 0 Å². The third-order valence-corrected chi connectivity index (χ3v) is 4.47. The second kappa shape index (κ2) is 5.79.